The van der Waals surface area contributed by atoms with E-state index in [-0.39, 0.29) is 35.1 Å². The standard InChI is InChI=1S/C32H28Cl2N2O5/c1-2-3-12-24(32(40)41-16-25(37)35-17-13-14-22(33)23(34)15-17)36-30(38)28-26-18-8-4-5-9-19(18)27(29(28)31(36)39)21-11-7-6-10-20(21)26/h4-11,13-15,24,26-29H,2-3,12,16H2,1H3,(H,35,37)/t24-,26?,27?,28+,29+/m1/s1. The van der Waals surface area contributed by atoms with Gasteiger partial charge in [-0.1, -0.05) is 91.5 Å². The lowest BCUT2D eigenvalue weighted by Gasteiger charge is -2.45. The number of nitrogens with zero attached hydrogens (tertiary/aromatic N) is 1. The average Bonchev–Trinajstić information content (AvgIpc) is 3.24. The third-order valence-corrected chi connectivity index (χ3v) is 9.19. The van der Waals surface area contributed by atoms with Crippen molar-refractivity contribution in [1.29, 1.82) is 0 Å². The van der Waals surface area contributed by atoms with Crippen LogP contribution in [-0.2, 0) is 23.9 Å². The number of anilines is 1. The van der Waals surface area contributed by atoms with Gasteiger partial charge >= 0.3 is 5.97 Å². The summed E-state index contributed by atoms with van der Waals surface area (Å²) in [5, 5.41) is 3.22. The molecule has 3 amide bonds. The maximum absolute atomic E-state index is 14.1. The number of nitrogens with one attached hydrogen (secondary N) is 1. The topological polar surface area (TPSA) is 92.8 Å². The van der Waals surface area contributed by atoms with Crippen LogP contribution in [0.3, 0.4) is 0 Å². The van der Waals surface area contributed by atoms with Crippen molar-refractivity contribution in [3.63, 3.8) is 0 Å². The van der Waals surface area contributed by atoms with E-state index < -0.39 is 36.4 Å². The van der Waals surface area contributed by atoms with E-state index in [1.165, 1.54) is 6.07 Å². The van der Waals surface area contributed by atoms with Gasteiger partial charge in [0.2, 0.25) is 11.8 Å². The number of hydrogen-bond donors (Lipinski definition) is 1. The molecule has 41 heavy (non-hydrogen) atoms. The molecule has 3 aliphatic carbocycles. The minimum atomic E-state index is -1.11. The van der Waals surface area contributed by atoms with Gasteiger partial charge in [0.1, 0.15) is 6.04 Å². The van der Waals surface area contributed by atoms with E-state index in [1.54, 1.807) is 12.1 Å². The number of ether oxygens (including phenoxy) is 1. The molecule has 1 N–H and O–H groups in total. The van der Waals surface area contributed by atoms with Crippen LogP contribution in [0.1, 0.15) is 60.3 Å². The molecular weight excluding hydrogens is 563 g/mol. The van der Waals surface area contributed by atoms with E-state index in [1.807, 2.05) is 55.5 Å². The molecule has 7 nitrogen and oxygen atoms in total. The Morgan fingerprint density at radius 3 is 1.88 bits per heavy atom. The number of imide groups is 1. The Morgan fingerprint density at radius 2 is 1.39 bits per heavy atom. The minimum absolute atomic E-state index is 0.260. The highest BCUT2D eigenvalue weighted by molar-refractivity contribution is 6.42. The van der Waals surface area contributed by atoms with Crippen molar-refractivity contribution in [2.75, 3.05) is 11.9 Å². The zero-order valence-electron chi connectivity index (χ0n) is 22.3. The van der Waals surface area contributed by atoms with Crippen LogP contribution in [-0.4, -0.2) is 41.2 Å². The van der Waals surface area contributed by atoms with Crippen molar-refractivity contribution in [3.8, 4) is 0 Å². The molecule has 7 rings (SSSR count). The van der Waals surface area contributed by atoms with Gasteiger partial charge in [0.05, 0.1) is 21.9 Å². The number of likely N-dealkylation sites (tertiary alicyclic amines) is 1. The van der Waals surface area contributed by atoms with E-state index >= 15 is 0 Å². The highest BCUT2D eigenvalue weighted by Crippen LogP contribution is 2.61. The van der Waals surface area contributed by atoms with Gasteiger partial charge in [0.25, 0.3) is 5.91 Å². The molecule has 1 heterocycles. The van der Waals surface area contributed by atoms with Gasteiger partial charge in [0, 0.05) is 17.5 Å². The number of halogens is 2. The molecular formula is C32H28Cl2N2O5. The molecule has 0 radical (unpaired) electrons. The van der Waals surface area contributed by atoms with Gasteiger partial charge in [-0.2, -0.15) is 0 Å². The first-order valence-corrected chi connectivity index (χ1v) is 14.5. The van der Waals surface area contributed by atoms with Gasteiger partial charge in [-0.25, -0.2) is 4.79 Å². The Kier molecular flexibility index (Phi) is 7.34. The quantitative estimate of drug-likeness (QED) is 0.259. The molecule has 3 aromatic carbocycles. The highest BCUT2D eigenvalue weighted by atomic mass is 35.5. The number of amides is 3. The summed E-state index contributed by atoms with van der Waals surface area (Å²) in [7, 11) is 0. The predicted octanol–water partition coefficient (Wildman–Crippen LogP) is 5.93. The largest absolute Gasteiger partial charge is 0.454 e. The second-order valence-corrected chi connectivity index (χ2v) is 11.6. The Hall–Kier alpha value is -3.68. The average molecular weight is 591 g/mol. The zero-order valence-corrected chi connectivity index (χ0v) is 23.8. The van der Waals surface area contributed by atoms with Crippen LogP contribution in [0.2, 0.25) is 10.0 Å². The van der Waals surface area contributed by atoms with Crippen molar-refractivity contribution in [2.45, 2.75) is 44.1 Å². The van der Waals surface area contributed by atoms with Gasteiger partial charge in [0.15, 0.2) is 6.61 Å². The molecule has 210 valence electrons. The number of rotatable bonds is 8. The molecule has 4 aliphatic rings. The number of carbonyl (C=O) groups excluding carboxylic acids is 4. The van der Waals surface area contributed by atoms with Gasteiger partial charge in [-0.15, -0.1) is 0 Å². The maximum atomic E-state index is 14.1. The normalized spacial score (nSPS) is 22.6. The monoisotopic (exact) mass is 590 g/mol. The first kappa shape index (κ1) is 27.5. The van der Waals surface area contributed by atoms with Crippen molar-refractivity contribution < 1.29 is 23.9 Å². The molecule has 3 atom stereocenters. The summed E-state index contributed by atoms with van der Waals surface area (Å²) >= 11 is 11.9. The summed E-state index contributed by atoms with van der Waals surface area (Å²) < 4.78 is 5.39. The first-order chi connectivity index (χ1) is 19.8. The molecule has 9 heteroatoms. The second-order valence-electron chi connectivity index (χ2n) is 10.8. The van der Waals surface area contributed by atoms with Crippen molar-refractivity contribution >= 4 is 52.6 Å². The van der Waals surface area contributed by atoms with Gasteiger partial charge in [-0.05, 0) is 46.9 Å². The van der Waals surface area contributed by atoms with Gasteiger partial charge < -0.3 is 10.1 Å². The molecule has 0 unspecified atom stereocenters. The lowest BCUT2D eigenvalue weighted by molar-refractivity contribution is -0.160. The number of carbonyl (C=O) groups is 4. The third-order valence-electron chi connectivity index (χ3n) is 8.45. The van der Waals surface area contributed by atoms with E-state index in [9.17, 15) is 19.2 Å². The van der Waals surface area contributed by atoms with Crippen LogP contribution < -0.4 is 5.32 Å². The molecule has 0 spiro atoms. The summed E-state index contributed by atoms with van der Waals surface area (Å²) in [5.41, 5.74) is 4.64. The lowest BCUT2D eigenvalue weighted by Crippen LogP contribution is -2.47. The molecule has 2 bridgehead atoms. The van der Waals surface area contributed by atoms with Crippen LogP contribution in [0, 0.1) is 11.8 Å². The molecule has 0 saturated carbocycles. The maximum Gasteiger partial charge on any atom is 0.329 e. The van der Waals surface area contributed by atoms with Crippen LogP contribution >= 0.6 is 23.2 Å². The minimum Gasteiger partial charge on any atom is -0.454 e. The van der Waals surface area contributed by atoms with Crippen molar-refractivity contribution in [2.24, 2.45) is 11.8 Å². The van der Waals surface area contributed by atoms with Gasteiger partial charge in [-0.3, -0.25) is 19.3 Å². The van der Waals surface area contributed by atoms with E-state index in [4.69, 9.17) is 27.9 Å². The van der Waals surface area contributed by atoms with Crippen LogP contribution in [0.15, 0.2) is 66.7 Å². The van der Waals surface area contributed by atoms with Crippen molar-refractivity contribution in [3.05, 3.63) is 99.0 Å². The Balaban J connectivity index is 1.25. The Labute approximate surface area is 247 Å². The lowest BCUT2D eigenvalue weighted by atomic mass is 9.55. The summed E-state index contributed by atoms with van der Waals surface area (Å²) in [4.78, 5) is 55.3. The first-order valence-electron chi connectivity index (χ1n) is 13.8. The molecule has 3 aromatic rings. The molecule has 0 aromatic heterocycles. The Morgan fingerprint density at radius 1 is 0.854 bits per heavy atom. The summed E-state index contributed by atoms with van der Waals surface area (Å²) in [6, 6.07) is 19.5. The van der Waals surface area contributed by atoms with E-state index in [0.29, 0.717) is 17.1 Å². The van der Waals surface area contributed by atoms with Crippen LogP contribution in [0.4, 0.5) is 5.69 Å². The van der Waals surface area contributed by atoms with E-state index in [0.717, 1.165) is 33.6 Å². The number of esters is 1. The molecule has 1 saturated heterocycles. The Bertz CT molecular complexity index is 1460. The SMILES string of the molecule is CCCC[C@H](C(=O)OCC(=O)Nc1ccc(Cl)c(Cl)c1)N1C(=O)[C@H]2C3c4ccccc4C(c4ccccc43)[C@@H]2C1=O. The summed E-state index contributed by atoms with van der Waals surface area (Å²) in [5.74, 6) is -3.76. The number of unbranched alkanes of at least 4 members (excludes halogenated alkanes) is 1. The smallest absolute Gasteiger partial charge is 0.329 e. The van der Waals surface area contributed by atoms with Crippen LogP contribution in [0.25, 0.3) is 0 Å². The fourth-order valence-electron chi connectivity index (χ4n) is 6.76. The summed E-state index contributed by atoms with van der Waals surface area (Å²) in [6.45, 7) is 1.39. The number of benzene rings is 3. The summed E-state index contributed by atoms with van der Waals surface area (Å²) in [6.07, 6.45) is 1.62. The number of hydrogen-bond acceptors (Lipinski definition) is 5. The van der Waals surface area contributed by atoms with E-state index in [2.05, 4.69) is 5.32 Å². The third kappa shape index (κ3) is 4.61. The fourth-order valence-corrected chi connectivity index (χ4v) is 7.06. The highest BCUT2D eigenvalue weighted by Gasteiger charge is 2.63. The van der Waals surface area contributed by atoms with Crippen LogP contribution in [0.5, 0.6) is 0 Å². The second kappa shape index (κ2) is 11.0. The predicted molar refractivity (Wildman–Crippen MR) is 155 cm³/mol. The zero-order chi connectivity index (χ0) is 28.8. The molecule has 1 fully saturated rings. The fraction of sp³-hybridized carbons (Fsp3) is 0.312. The van der Waals surface area contributed by atoms with Crippen molar-refractivity contribution in [1.82, 2.24) is 4.90 Å². The molecule has 1 aliphatic heterocycles.